The summed E-state index contributed by atoms with van der Waals surface area (Å²) < 4.78 is 17.1. The van der Waals surface area contributed by atoms with Crippen molar-refractivity contribution < 1.29 is 19.0 Å². The Kier molecular flexibility index (Phi) is 4.15. The zero-order chi connectivity index (χ0) is 19.6. The van der Waals surface area contributed by atoms with E-state index >= 15 is 0 Å². The highest BCUT2D eigenvalue weighted by molar-refractivity contribution is 6.11. The highest BCUT2D eigenvalue weighted by Crippen LogP contribution is 2.55. The maximum absolute atomic E-state index is 13.9. The fraction of sp³-hybridized carbons (Fsp3) is 0.217. The molecule has 1 spiro atoms. The molecule has 1 aromatic heterocycles. The van der Waals surface area contributed by atoms with Gasteiger partial charge in [-0.1, -0.05) is 24.3 Å². The highest BCUT2D eigenvalue weighted by Gasteiger charge is 2.57. The van der Waals surface area contributed by atoms with Crippen LogP contribution >= 0.6 is 12.4 Å². The number of halogens is 1. The summed E-state index contributed by atoms with van der Waals surface area (Å²) in [5.41, 5.74) is 3.78. The molecule has 0 fully saturated rings. The largest absolute Gasteiger partial charge is 0.491 e. The van der Waals surface area contributed by atoms with Gasteiger partial charge in [-0.3, -0.25) is 9.78 Å². The molecule has 7 heteroatoms. The van der Waals surface area contributed by atoms with Crippen molar-refractivity contribution in [3.8, 4) is 17.2 Å². The zero-order valence-electron chi connectivity index (χ0n) is 16.3. The van der Waals surface area contributed by atoms with Crippen molar-refractivity contribution in [2.75, 3.05) is 18.3 Å². The standard InChI is InChI=1S/C23H18N2O4.ClH/c1-14-6-7-15(10-24-14)11-25-18-5-3-2-4-16(18)23(22(25)26)12-27-19-9-21-20(8-17(19)23)28-13-29-21;/h2-10H,11-13H2,1H3;1H. The van der Waals surface area contributed by atoms with Crippen molar-refractivity contribution in [2.24, 2.45) is 0 Å². The molecule has 0 saturated carbocycles. The molecule has 1 unspecified atom stereocenters. The van der Waals surface area contributed by atoms with E-state index in [4.69, 9.17) is 14.2 Å². The highest BCUT2D eigenvalue weighted by atomic mass is 35.5. The lowest BCUT2D eigenvalue weighted by atomic mass is 9.77. The van der Waals surface area contributed by atoms with Gasteiger partial charge in [0.05, 0.1) is 6.54 Å². The van der Waals surface area contributed by atoms with E-state index in [0.29, 0.717) is 23.8 Å². The molecule has 0 radical (unpaired) electrons. The number of aryl methyl sites for hydroxylation is 1. The maximum atomic E-state index is 13.9. The van der Waals surface area contributed by atoms with E-state index in [0.717, 1.165) is 28.1 Å². The van der Waals surface area contributed by atoms with Crippen LogP contribution in [0.1, 0.15) is 22.4 Å². The van der Waals surface area contributed by atoms with Gasteiger partial charge in [0, 0.05) is 29.2 Å². The van der Waals surface area contributed by atoms with Gasteiger partial charge >= 0.3 is 0 Å². The number of carbonyl (C=O) groups excluding carboxylic acids is 1. The molecule has 152 valence electrons. The van der Waals surface area contributed by atoms with E-state index in [1.807, 2.05) is 66.6 Å². The van der Waals surface area contributed by atoms with Crippen LogP contribution in [0.5, 0.6) is 17.2 Å². The van der Waals surface area contributed by atoms with Crippen LogP contribution < -0.4 is 19.1 Å². The average molecular weight is 423 g/mol. The van der Waals surface area contributed by atoms with Gasteiger partial charge in [0.25, 0.3) is 0 Å². The molecule has 3 aliphatic rings. The molecule has 2 aromatic carbocycles. The SMILES string of the molecule is Cc1ccc(CN2C(=O)C3(COc4cc5c(cc43)OCO5)c3ccccc32)cn1.Cl. The number of pyridine rings is 1. The van der Waals surface area contributed by atoms with Crippen LogP contribution in [0.25, 0.3) is 0 Å². The molecular formula is C23H19ClN2O4. The first-order chi connectivity index (χ1) is 14.2. The van der Waals surface area contributed by atoms with Gasteiger partial charge in [0.2, 0.25) is 12.7 Å². The first-order valence-electron chi connectivity index (χ1n) is 9.57. The molecule has 1 atom stereocenters. The molecule has 4 heterocycles. The molecule has 30 heavy (non-hydrogen) atoms. The number of benzene rings is 2. The van der Waals surface area contributed by atoms with Crippen molar-refractivity contribution in [1.82, 2.24) is 4.98 Å². The number of rotatable bonds is 2. The summed E-state index contributed by atoms with van der Waals surface area (Å²) >= 11 is 0. The zero-order valence-corrected chi connectivity index (χ0v) is 17.1. The predicted octanol–water partition coefficient (Wildman–Crippen LogP) is 3.77. The monoisotopic (exact) mass is 422 g/mol. The third-order valence-electron chi connectivity index (χ3n) is 5.96. The second-order valence-corrected chi connectivity index (χ2v) is 7.61. The minimum Gasteiger partial charge on any atom is -0.491 e. The van der Waals surface area contributed by atoms with Crippen LogP contribution in [-0.4, -0.2) is 24.3 Å². The maximum Gasteiger partial charge on any atom is 0.246 e. The third kappa shape index (κ3) is 2.43. The Balaban J connectivity index is 0.00000193. The topological polar surface area (TPSA) is 60.9 Å². The fourth-order valence-corrected chi connectivity index (χ4v) is 4.50. The molecule has 0 aliphatic carbocycles. The van der Waals surface area contributed by atoms with E-state index in [2.05, 4.69) is 4.98 Å². The van der Waals surface area contributed by atoms with Gasteiger partial charge in [-0.15, -0.1) is 12.4 Å². The molecule has 6 rings (SSSR count). The second kappa shape index (κ2) is 6.64. The average Bonchev–Trinajstić information content (AvgIpc) is 3.41. The van der Waals surface area contributed by atoms with Crippen LogP contribution in [0.15, 0.2) is 54.7 Å². The van der Waals surface area contributed by atoms with Crippen LogP contribution in [0.4, 0.5) is 5.69 Å². The first-order valence-corrected chi connectivity index (χ1v) is 9.57. The van der Waals surface area contributed by atoms with E-state index < -0.39 is 5.41 Å². The summed E-state index contributed by atoms with van der Waals surface area (Å²) in [7, 11) is 0. The Morgan fingerprint density at radius 1 is 1.00 bits per heavy atom. The van der Waals surface area contributed by atoms with E-state index in [9.17, 15) is 4.79 Å². The van der Waals surface area contributed by atoms with Gasteiger partial charge < -0.3 is 19.1 Å². The molecule has 0 N–H and O–H groups in total. The quantitative estimate of drug-likeness (QED) is 0.629. The number of ether oxygens (including phenoxy) is 3. The number of hydrogen-bond donors (Lipinski definition) is 0. The molecule has 0 saturated heterocycles. The van der Waals surface area contributed by atoms with Gasteiger partial charge in [0.1, 0.15) is 17.8 Å². The summed E-state index contributed by atoms with van der Waals surface area (Å²) in [6.45, 7) is 2.86. The molecular weight excluding hydrogens is 404 g/mol. The summed E-state index contributed by atoms with van der Waals surface area (Å²) in [6, 6.07) is 15.6. The Hall–Kier alpha value is -3.25. The smallest absolute Gasteiger partial charge is 0.246 e. The van der Waals surface area contributed by atoms with E-state index in [1.165, 1.54) is 0 Å². The Bertz CT molecular complexity index is 1160. The third-order valence-corrected chi connectivity index (χ3v) is 5.96. The number of para-hydroxylation sites is 1. The van der Waals surface area contributed by atoms with Crippen molar-refractivity contribution in [3.63, 3.8) is 0 Å². The van der Waals surface area contributed by atoms with Gasteiger partial charge in [-0.25, -0.2) is 0 Å². The van der Waals surface area contributed by atoms with Gasteiger partial charge in [-0.2, -0.15) is 0 Å². The van der Waals surface area contributed by atoms with Crippen LogP contribution in [-0.2, 0) is 16.8 Å². The molecule has 6 nitrogen and oxygen atoms in total. The Morgan fingerprint density at radius 3 is 2.60 bits per heavy atom. The second-order valence-electron chi connectivity index (χ2n) is 7.61. The lowest BCUT2D eigenvalue weighted by Gasteiger charge is -2.23. The minimum absolute atomic E-state index is 0. The predicted molar refractivity (Wildman–Crippen MR) is 113 cm³/mol. The first kappa shape index (κ1) is 18.8. The number of carbonyl (C=O) groups is 1. The number of anilines is 1. The lowest BCUT2D eigenvalue weighted by Crippen LogP contribution is -2.42. The molecule has 1 amide bonds. The van der Waals surface area contributed by atoms with Crippen LogP contribution in [0, 0.1) is 6.92 Å². The fourth-order valence-electron chi connectivity index (χ4n) is 4.50. The van der Waals surface area contributed by atoms with Crippen LogP contribution in [0.2, 0.25) is 0 Å². The summed E-state index contributed by atoms with van der Waals surface area (Å²) in [5.74, 6) is 2.00. The van der Waals surface area contributed by atoms with Crippen LogP contribution in [0.3, 0.4) is 0 Å². The van der Waals surface area contributed by atoms with Crippen molar-refractivity contribution in [2.45, 2.75) is 18.9 Å². The number of aromatic nitrogens is 1. The number of amides is 1. The number of nitrogens with zero attached hydrogens (tertiary/aromatic N) is 2. The molecule has 3 aliphatic heterocycles. The number of hydrogen-bond acceptors (Lipinski definition) is 5. The molecule has 0 bridgehead atoms. The van der Waals surface area contributed by atoms with Gasteiger partial charge in [-0.05, 0) is 36.2 Å². The minimum atomic E-state index is -0.870. The molecule has 3 aromatic rings. The summed E-state index contributed by atoms with van der Waals surface area (Å²) in [6.07, 6.45) is 1.83. The number of fused-ring (bicyclic) bond motifs is 5. The Labute approximate surface area is 179 Å². The Morgan fingerprint density at radius 2 is 1.80 bits per heavy atom. The normalized spacial score (nSPS) is 20.0. The summed E-state index contributed by atoms with van der Waals surface area (Å²) in [4.78, 5) is 20.1. The van der Waals surface area contributed by atoms with Crippen molar-refractivity contribution in [1.29, 1.82) is 0 Å². The van der Waals surface area contributed by atoms with Crippen molar-refractivity contribution in [3.05, 3.63) is 77.1 Å². The van der Waals surface area contributed by atoms with Gasteiger partial charge in [0.15, 0.2) is 11.5 Å². The lowest BCUT2D eigenvalue weighted by molar-refractivity contribution is -0.122. The van der Waals surface area contributed by atoms with E-state index in [-0.39, 0.29) is 31.7 Å². The summed E-state index contributed by atoms with van der Waals surface area (Å²) in [5, 5.41) is 0. The van der Waals surface area contributed by atoms with Crippen molar-refractivity contribution >= 4 is 24.0 Å². The van der Waals surface area contributed by atoms with E-state index in [1.54, 1.807) is 0 Å².